The highest BCUT2D eigenvalue weighted by atomic mass is 16.5. The number of ether oxygens (including phenoxy) is 1. The number of hydrogen-bond acceptors (Lipinski definition) is 3. The molecule has 1 saturated heterocycles. The molecule has 1 rings (SSSR count). The molecule has 0 aliphatic carbocycles. The summed E-state index contributed by atoms with van der Waals surface area (Å²) < 4.78 is 5.92. The second kappa shape index (κ2) is 8.59. The molecule has 3 atom stereocenters. The Hall–Kier alpha value is -0.810. The molecule has 0 saturated carbocycles. The first kappa shape index (κ1) is 18.2. The van der Waals surface area contributed by atoms with Crippen molar-refractivity contribution in [2.75, 3.05) is 19.8 Å². The molecular weight excluding hydrogens is 268 g/mol. The molecule has 3 unspecified atom stereocenters. The predicted molar refractivity (Wildman–Crippen MR) is 84.2 cm³/mol. The standard InChI is InChI=1S/C16H32N2O3/c1-12(7-5-9-19)18-15(20)17-11-13-8-6-10-21-14(13)16(2,3)4/h12-14,19H,5-11H2,1-4H3,(H2,17,18,20). The Balaban J connectivity index is 2.36. The van der Waals surface area contributed by atoms with Gasteiger partial charge in [-0.05, 0) is 38.0 Å². The minimum atomic E-state index is -0.126. The summed E-state index contributed by atoms with van der Waals surface area (Å²) in [5.41, 5.74) is 0.0949. The van der Waals surface area contributed by atoms with Crippen LogP contribution in [0.5, 0.6) is 0 Å². The largest absolute Gasteiger partial charge is 0.396 e. The molecular formula is C16H32N2O3. The zero-order chi connectivity index (χ0) is 15.9. The van der Waals surface area contributed by atoms with Crippen LogP contribution in [-0.2, 0) is 4.74 Å². The first-order valence-electron chi connectivity index (χ1n) is 8.11. The molecule has 21 heavy (non-hydrogen) atoms. The maximum Gasteiger partial charge on any atom is 0.315 e. The van der Waals surface area contributed by atoms with Gasteiger partial charge < -0.3 is 20.5 Å². The first-order chi connectivity index (χ1) is 9.84. The van der Waals surface area contributed by atoms with E-state index in [2.05, 4.69) is 31.4 Å². The summed E-state index contributed by atoms with van der Waals surface area (Å²) in [6.07, 6.45) is 3.86. The van der Waals surface area contributed by atoms with Crippen LogP contribution in [0, 0.1) is 11.3 Å². The molecule has 0 aromatic rings. The third-order valence-electron chi connectivity index (χ3n) is 4.00. The van der Waals surface area contributed by atoms with E-state index in [0.717, 1.165) is 25.9 Å². The van der Waals surface area contributed by atoms with Crippen LogP contribution < -0.4 is 10.6 Å². The van der Waals surface area contributed by atoms with Crippen LogP contribution in [0.15, 0.2) is 0 Å². The summed E-state index contributed by atoms with van der Waals surface area (Å²) >= 11 is 0. The number of hydrogen-bond donors (Lipinski definition) is 3. The van der Waals surface area contributed by atoms with Crippen molar-refractivity contribution < 1.29 is 14.6 Å². The van der Waals surface area contributed by atoms with Crippen molar-refractivity contribution in [3.63, 3.8) is 0 Å². The van der Waals surface area contributed by atoms with Crippen molar-refractivity contribution in [2.24, 2.45) is 11.3 Å². The highest BCUT2D eigenvalue weighted by Gasteiger charge is 2.35. The van der Waals surface area contributed by atoms with Crippen LogP contribution in [0.2, 0.25) is 0 Å². The minimum absolute atomic E-state index is 0.0816. The van der Waals surface area contributed by atoms with Crippen LogP contribution >= 0.6 is 0 Å². The second-order valence-electron chi connectivity index (χ2n) is 7.18. The van der Waals surface area contributed by atoms with Crippen LogP contribution in [0.4, 0.5) is 4.79 Å². The van der Waals surface area contributed by atoms with Gasteiger partial charge in [0.25, 0.3) is 0 Å². The van der Waals surface area contributed by atoms with Gasteiger partial charge in [-0.3, -0.25) is 0 Å². The van der Waals surface area contributed by atoms with Crippen molar-refractivity contribution in [1.29, 1.82) is 0 Å². The fourth-order valence-corrected chi connectivity index (χ4v) is 2.98. The molecule has 3 N–H and O–H groups in total. The third-order valence-corrected chi connectivity index (χ3v) is 4.00. The van der Waals surface area contributed by atoms with Gasteiger partial charge in [0.05, 0.1) is 6.10 Å². The lowest BCUT2D eigenvalue weighted by Crippen LogP contribution is -2.48. The van der Waals surface area contributed by atoms with Gasteiger partial charge in [0.2, 0.25) is 0 Å². The van der Waals surface area contributed by atoms with Crippen LogP contribution in [0.1, 0.15) is 53.4 Å². The summed E-state index contributed by atoms with van der Waals surface area (Å²) in [6, 6.07) is -0.0446. The number of aliphatic hydroxyl groups excluding tert-OH is 1. The molecule has 0 bridgehead atoms. The molecule has 2 amide bonds. The molecule has 0 spiro atoms. The Morgan fingerprint density at radius 3 is 2.76 bits per heavy atom. The molecule has 0 aromatic carbocycles. The quantitative estimate of drug-likeness (QED) is 0.705. The highest BCUT2D eigenvalue weighted by molar-refractivity contribution is 5.74. The Labute approximate surface area is 128 Å². The molecule has 1 aliphatic rings. The van der Waals surface area contributed by atoms with Gasteiger partial charge in [0.15, 0.2) is 0 Å². The van der Waals surface area contributed by atoms with E-state index in [9.17, 15) is 4.79 Å². The van der Waals surface area contributed by atoms with E-state index in [1.54, 1.807) is 0 Å². The number of nitrogens with one attached hydrogen (secondary N) is 2. The van der Waals surface area contributed by atoms with E-state index < -0.39 is 0 Å². The second-order valence-corrected chi connectivity index (χ2v) is 7.18. The molecule has 5 nitrogen and oxygen atoms in total. The van der Waals surface area contributed by atoms with Crippen molar-refractivity contribution in [1.82, 2.24) is 10.6 Å². The van der Waals surface area contributed by atoms with Crippen molar-refractivity contribution in [3.05, 3.63) is 0 Å². The smallest absolute Gasteiger partial charge is 0.315 e. The summed E-state index contributed by atoms with van der Waals surface area (Å²) in [7, 11) is 0. The van der Waals surface area contributed by atoms with Gasteiger partial charge in [0, 0.05) is 31.7 Å². The van der Waals surface area contributed by atoms with Crippen molar-refractivity contribution in [3.8, 4) is 0 Å². The number of amides is 2. The van der Waals surface area contributed by atoms with Gasteiger partial charge in [-0.25, -0.2) is 4.79 Å². The van der Waals surface area contributed by atoms with Gasteiger partial charge >= 0.3 is 6.03 Å². The predicted octanol–water partition coefficient (Wildman–Crippen LogP) is 2.29. The molecule has 124 valence electrons. The summed E-state index contributed by atoms with van der Waals surface area (Å²) in [4.78, 5) is 11.9. The highest BCUT2D eigenvalue weighted by Crippen LogP contribution is 2.33. The number of urea groups is 1. The summed E-state index contributed by atoms with van der Waals surface area (Å²) in [5, 5.41) is 14.7. The van der Waals surface area contributed by atoms with E-state index in [-0.39, 0.29) is 30.2 Å². The Bertz CT molecular complexity index is 315. The van der Waals surface area contributed by atoms with Gasteiger partial charge in [-0.15, -0.1) is 0 Å². The molecule has 1 aliphatic heterocycles. The fraction of sp³-hybridized carbons (Fsp3) is 0.938. The SMILES string of the molecule is CC(CCCO)NC(=O)NCC1CCCOC1C(C)(C)C. The van der Waals surface area contributed by atoms with Crippen molar-refractivity contribution in [2.45, 2.75) is 65.5 Å². The molecule has 5 heteroatoms. The maximum atomic E-state index is 11.9. The third kappa shape index (κ3) is 6.66. The fourth-order valence-electron chi connectivity index (χ4n) is 2.98. The Morgan fingerprint density at radius 1 is 1.43 bits per heavy atom. The molecule has 0 aromatic heterocycles. The van der Waals surface area contributed by atoms with Crippen molar-refractivity contribution >= 4 is 6.03 Å². The molecule has 1 heterocycles. The first-order valence-corrected chi connectivity index (χ1v) is 8.11. The van der Waals surface area contributed by atoms with Crippen LogP contribution in [0.3, 0.4) is 0 Å². The number of carbonyl (C=O) groups is 1. The van der Waals surface area contributed by atoms with E-state index in [1.165, 1.54) is 0 Å². The number of carbonyl (C=O) groups excluding carboxylic acids is 1. The molecule has 0 radical (unpaired) electrons. The average Bonchev–Trinajstić information content (AvgIpc) is 2.42. The van der Waals surface area contributed by atoms with E-state index in [1.807, 2.05) is 6.92 Å². The van der Waals surface area contributed by atoms with E-state index in [0.29, 0.717) is 18.9 Å². The van der Waals surface area contributed by atoms with Gasteiger partial charge in [0.1, 0.15) is 0 Å². The Morgan fingerprint density at radius 2 is 2.14 bits per heavy atom. The average molecular weight is 300 g/mol. The summed E-state index contributed by atoms with van der Waals surface area (Å²) in [5.74, 6) is 0.372. The number of aliphatic hydroxyl groups is 1. The van der Waals surface area contributed by atoms with Crippen LogP contribution in [0.25, 0.3) is 0 Å². The normalized spacial score (nSPS) is 24.4. The maximum absolute atomic E-state index is 11.9. The lowest BCUT2D eigenvalue weighted by molar-refractivity contribution is -0.0838. The molecule has 1 fully saturated rings. The van der Waals surface area contributed by atoms with Gasteiger partial charge in [-0.2, -0.15) is 0 Å². The van der Waals surface area contributed by atoms with Crippen LogP contribution in [-0.4, -0.2) is 43.0 Å². The number of rotatable bonds is 6. The Kier molecular flexibility index (Phi) is 7.46. The van der Waals surface area contributed by atoms with E-state index >= 15 is 0 Å². The lowest BCUT2D eigenvalue weighted by Gasteiger charge is -2.40. The van der Waals surface area contributed by atoms with E-state index in [4.69, 9.17) is 9.84 Å². The zero-order valence-corrected chi connectivity index (χ0v) is 13.9. The monoisotopic (exact) mass is 300 g/mol. The summed E-state index contributed by atoms with van der Waals surface area (Å²) in [6.45, 7) is 10.2. The zero-order valence-electron chi connectivity index (χ0n) is 13.9. The minimum Gasteiger partial charge on any atom is -0.396 e. The topological polar surface area (TPSA) is 70.6 Å². The lowest BCUT2D eigenvalue weighted by atomic mass is 9.78. The van der Waals surface area contributed by atoms with Gasteiger partial charge in [-0.1, -0.05) is 20.8 Å².